The van der Waals surface area contributed by atoms with Gasteiger partial charge in [0.05, 0.1) is 12.6 Å². The van der Waals surface area contributed by atoms with E-state index in [4.69, 9.17) is 4.74 Å². The van der Waals surface area contributed by atoms with Crippen molar-refractivity contribution in [2.75, 3.05) is 33.3 Å². The number of nitrogens with one attached hydrogen (secondary N) is 2. The van der Waals surface area contributed by atoms with Crippen LogP contribution in [0.3, 0.4) is 0 Å². The summed E-state index contributed by atoms with van der Waals surface area (Å²) in [5.74, 6) is 0.854. The van der Waals surface area contributed by atoms with E-state index < -0.39 is 6.43 Å². The molecule has 2 saturated carbocycles. The average Bonchev–Trinajstić information content (AvgIpc) is 2.68. The van der Waals surface area contributed by atoms with Crippen LogP contribution in [0.5, 0.6) is 0 Å². The molecule has 5 nitrogen and oxygen atoms in total. The second kappa shape index (κ2) is 9.50. The van der Waals surface area contributed by atoms with Crippen LogP contribution in [0.1, 0.15) is 58.3 Å². The lowest BCUT2D eigenvalue weighted by atomic mass is 9.55. The van der Waals surface area contributed by atoms with Gasteiger partial charge in [0.25, 0.3) is 6.43 Å². The van der Waals surface area contributed by atoms with Crippen molar-refractivity contribution in [3.63, 3.8) is 0 Å². The lowest BCUT2D eigenvalue weighted by molar-refractivity contribution is -0.145. The van der Waals surface area contributed by atoms with Crippen LogP contribution in [-0.2, 0) is 4.74 Å². The second-order valence-electron chi connectivity index (χ2n) is 8.35. The van der Waals surface area contributed by atoms with Crippen LogP contribution in [0, 0.1) is 5.41 Å². The van der Waals surface area contributed by atoms with Gasteiger partial charge in [-0.15, -0.1) is 0 Å². The van der Waals surface area contributed by atoms with Crippen molar-refractivity contribution in [2.24, 2.45) is 10.4 Å². The van der Waals surface area contributed by atoms with Crippen molar-refractivity contribution < 1.29 is 13.5 Å². The fraction of sp³-hybridized carbons (Fsp3) is 0.950. The molecule has 0 aromatic carbocycles. The fourth-order valence-corrected chi connectivity index (χ4v) is 5.25. The molecular formula is C20H36F2N4O. The van der Waals surface area contributed by atoms with E-state index in [1.165, 1.54) is 32.1 Å². The molecule has 1 saturated heterocycles. The van der Waals surface area contributed by atoms with Crippen LogP contribution in [0.15, 0.2) is 4.99 Å². The number of aliphatic imine (C=N–C) groups is 1. The van der Waals surface area contributed by atoms with E-state index in [0.29, 0.717) is 18.2 Å². The number of hydrogen-bond donors (Lipinski definition) is 2. The molecule has 1 heterocycles. The van der Waals surface area contributed by atoms with Crippen molar-refractivity contribution in [1.82, 2.24) is 15.5 Å². The lowest BCUT2D eigenvalue weighted by Gasteiger charge is -2.58. The highest BCUT2D eigenvalue weighted by Crippen LogP contribution is 2.53. The van der Waals surface area contributed by atoms with Crippen LogP contribution in [0.25, 0.3) is 0 Å². The van der Waals surface area contributed by atoms with Gasteiger partial charge in [-0.3, -0.25) is 9.89 Å². The zero-order valence-corrected chi connectivity index (χ0v) is 16.9. The first-order valence-corrected chi connectivity index (χ1v) is 10.7. The molecule has 3 aliphatic rings. The van der Waals surface area contributed by atoms with Gasteiger partial charge in [-0.2, -0.15) is 0 Å². The number of ether oxygens (including phenoxy) is 1. The standard InChI is InChI=1S/C20H36F2N4O/c1-3-27-17-13-16(20(17)9-5-4-6-10-20)25-19(23-2)24-15-7-11-26(12-8-15)14-18(21)22/h15-18H,3-14H2,1-2H3,(H2,23,24,25). The van der Waals surface area contributed by atoms with Crippen molar-refractivity contribution >= 4 is 5.96 Å². The summed E-state index contributed by atoms with van der Waals surface area (Å²) in [5.41, 5.74) is 0.256. The first-order chi connectivity index (χ1) is 13.1. The van der Waals surface area contributed by atoms with E-state index in [1.54, 1.807) is 0 Å². The molecule has 2 atom stereocenters. The van der Waals surface area contributed by atoms with Gasteiger partial charge in [-0.25, -0.2) is 8.78 Å². The summed E-state index contributed by atoms with van der Waals surface area (Å²) in [6.07, 6.45) is 7.31. The molecule has 1 aliphatic heterocycles. The van der Waals surface area contributed by atoms with E-state index >= 15 is 0 Å². The summed E-state index contributed by atoms with van der Waals surface area (Å²) in [7, 11) is 1.81. The van der Waals surface area contributed by atoms with Gasteiger partial charge < -0.3 is 15.4 Å². The summed E-state index contributed by atoms with van der Waals surface area (Å²) in [6.45, 7) is 4.20. The number of guanidine groups is 1. The Bertz CT molecular complexity index is 488. The van der Waals surface area contributed by atoms with Gasteiger partial charge in [0.2, 0.25) is 0 Å². The molecule has 2 N–H and O–H groups in total. The summed E-state index contributed by atoms with van der Waals surface area (Å²) in [5, 5.41) is 7.20. The topological polar surface area (TPSA) is 48.9 Å². The monoisotopic (exact) mass is 386 g/mol. The Hall–Kier alpha value is -0.950. The van der Waals surface area contributed by atoms with Gasteiger partial charge in [-0.1, -0.05) is 19.3 Å². The van der Waals surface area contributed by atoms with Crippen LogP contribution in [-0.4, -0.2) is 68.8 Å². The third kappa shape index (κ3) is 4.91. The second-order valence-corrected chi connectivity index (χ2v) is 8.35. The molecule has 27 heavy (non-hydrogen) atoms. The highest BCUT2D eigenvalue weighted by atomic mass is 19.3. The number of rotatable bonds is 6. The normalized spacial score (nSPS) is 29.7. The summed E-state index contributed by atoms with van der Waals surface area (Å²) >= 11 is 0. The van der Waals surface area contributed by atoms with E-state index in [-0.39, 0.29) is 12.0 Å². The maximum atomic E-state index is 12.5. The zero-order valence-electron chi connectivity index (χ0n) is 16.9. The minimum atomic E-state index is -2.24. The fourth-order valence-electron chi connectivity index (χ4n) is 5.25. The molecule has 2 aliphatic carbocycles. The lowest BCUT2D eigenvalue weighted by Crippen LogP contribution is -2.67. The predicted octanol–water partition coefficient (Wildman–Crippen LogP) is 3.01. The SMILES string of the molecule is CCOC1CC(NC(=NC)NC2CCN(CC(F)F)CC2)C12CCCCC2. The van der Waals surface area contributed by atoms with Gasteiger partial charge in [0.1, 0.15) is 0 Å². The number of nitrogens with zero attached hydrogens (tertiary/aromatic N) is 2. The minimum absolute atomic E-state index is 0.108. The molecule has 1 spiro atoms. The quantitative estimate of drug-likeness (QED) is 0.544. The van der Waals surface area contributed by atoms with Crippen molar-refractivity contribution in [1.29, 1.82) is 0 Å². The summed E-state index contributed by atoms with van der Waals surface area (Å²) in [4.78, 5) is 6.30. The Morgan fingerprint density at radius 1 is 1.19 bits per heavy atom. The summed E-state index contributed by atoms with van der Waals surface area (Å²) in [6, 6.07) is 0.717. The molecule has 0 bridgehead atoms. The number of likely N-dealkylation sites (tertiary alicyclic amines) is 1. The third-order valence-electron chi connectivity index (χ3n) is 6.80. The van der Waals surface area contributed by atoms with Crippen LogP contribution >= 0.6 is 0 Å². The largest absolute Gasteiger partial charge is 0.378 e. The van der Waals surface area contributed by atoms with E-state index in [0.717, 1.165) is 44.9 Å². The number of hydrogen-bond acceptors (Lipinski definition) is 3. The molecule has 156 valence electrons. The molecule has 0 amide bonds. The van der Waals surface area contributed by atoms with Gasteiger partial charge in [0.15, 0.2) is 5.96 Å². The van der Waals surface area contributed by atoms with Crippen molar-refractivity contribution in [3.8, 4) is 0 Å². The van der Waals surface area contributed by atoms with Crippen LogP contribution in [0.2, 0.25) is 0 Å². The maximum Gasteiger partial charge on any atom is 0.251 e. The predicted molar refractivity (Wildman–Crippen MR) is 104 cm³/mol. The van der Waals surface area contributed by atoms with Crippen LogP contribution < -0.4 is 10.6 Å². The maximum absolute atomic E-state index is 12.5. The Morgan fingerprint density at radius 3 is 2.48 bits per heavy atom. The van der Waals surface area contributed by atoms with Crippen molar-refractivity contribution in [2.45, 2.75) is 82.9 Å². The molecule has 0 aromatic heterocycles. The highest BCUT2D eigenvalue weighted by molar-refractivity contribution is 5.80. The molecule has 7 heteroatoms. The Morgan fingerprint density at radius 2 is 1.89 bits per heavy atom. The molecule has 2 unspecified atom stereocenters. The molecule has 0 radical (unpaired) electrons. The zero-order chi connectivity index (χ0) is 19.3. The Balaban J connectivity index is 1.50. The first kappa shape index (κ1) is 20.8. The molecule has 3 fully saturated rings. The molecule has 3 rings (SSSR count). The average molecular weight is 387 g/mol. The Kier molecular flexibility index (Phi) is 7.31. The molecule has 0 aromatic rings. The van der Waals surface area contributed by atoms with Gasteiger partial charge in [-0.05, 0) is 39.0 Å². The molecular weight excluding hydrogens is 350 g/mol. The minimum Gasteiger partial charge on any atom is -0.378 e. The van der Waals surface area contributed by atoms with Crippen molar-refractivity contribution in [3.05, 3.63) is 0 Å². The number of halogens is 2. The highest BCUT2D eigenvalue weighted by Gasteiger charge is 2.55. The first-order valence-electron chi connectivity index (χ1n) is 10.7. The van der Waals surface area contributed by atoms with Gasteiger partial charge >= 0.3 is 0 Å². The number of alkyl halides is 2. The van der Waals surface area contributed by atoms with E-state index in [1.807, 2.05) is 11.9 Å². The Labute approximate surface area is 162 Å². The summed E-state index contributed by atoms with van der Waals surface area (Å²) < 4.78 is 31.1. The van der Waals surface area contributed by atoms with E-state index in [9.17, 15) is 8.78 Å². The van der Waals surface area contributed by atoms with E-state index in [2.05, 4.69) is 22.5 Å². The van der Waals surface area contributed by atoms with Gasteiger partial charge in [0, 0.05) is 44.2 Å². The van der Waals surface area contributed by atoms with Crippen LogP contribution in [0.4, 0.5) is 8.78 Å². The smallest absolute Gasteiger partial charge is 0.251 e. The number of piperidine rings is 1. The third-order valence-corrected chi connectivity index (χ3v) is 6.80.